The van der Waals surface area contributed by atoms with Crippen LogP contribution in [0.25, 0.3) is 0 Å². The second kappa shape index (κ2) is 5.24. The molecule has 4 heteroatoms. The van der Waals surface area contributed by atoms with Gasteiger partial charge in [0, 0.05) is 12.2 Å². The second-order valence-electron chi connectivity index (χ2n) is 4.99. The van der Waals surface area contributed by atoms with E-state index in [1.165, 1.54) is 0 Å². The van der Waals surface area contributed by atoms with Crippen LogP contribution in [0.5, 0.6) is 0 Å². The molecule has 1 aromatic rings. The Hall–Kier alpha value is -0.470. The lowest BCUT2D eigenvalue weighted by Crippen LogP contribution is -2.12. The van der Waals surface area contributed by atoms with E-state index in [-0.39, 0.29) is 15.5 Å². The molecule has 0 radical (unpaired) electrons. The first-order valence-electron chi connectivity index (χ1n) is 5.18. The highest BCUT2D eigenvalue weighted by atomic mass is 35.5. The zero-order chi connectivity index (χ0) is 12.3. The first-order chi connectivity index (χ1) is 7.29. The maximum atomic E-state index is 13.1. The normalized spacial score (nSPS) is 11.6. The van der Waals surface area contributed by atoms with Gasteiger partial charge in [-0.3, -0.25) is 0 Å². The maximum absolute atomic E-state index is 13.1. The van der Waals surface area contributed by atoms with E-state index in [2.05, 4.69) is 26.1 Å². The van der Waals surface area contributed by atoms with Crippen molar-refractivity contribution in [3.63, 3.8) is 0 Å². The van der Waals surface area contributed by atoms with E-state index in [4.69, 9.17) is 23.2 Å². The zero-order valence-electron chi connectivity index (χ0n) is 9.70. The van der Waals surface area contributed by atoms with E-state index in [9.17, 15) is 4.39 Å². The van der Waals surface area contributed by atoms with Gasteiger partial charge in [0.05, 0.1) is 10.0 Å². The zero-order valence-corrected chi connectivity index (χ0v) is 11.2. The van der Waals surface area contributed by atoms with Gasteiger partial charge in [0.1, 0.15) is 0 Å². The average molecular weight is 264 g/mol. The van der Waals surface area contributed by atoms with Crippen molar-refractivity contribution >= 4 is 28.9 Å². The fourth-order valence-electron chi connectivity index (χ4n) is 1.24. The van der Waals surface area contributed by atoms with Gasteiger partial charge in [0.25, 0.3) is 0 Å². The summed E-state index contributed by atoms with van der Waals surface area (Å²) in [5, 5.41) is 3.27. The quantitative estimate of drug-likeness (QED) is 0.759. The summed E-state index contributed by atoms with van der Waals surface area (Å²) in [6.45, 7) is 7.31. The van der Waals surface area contributed by atoms with E-state index in [0.29, 0.717) is 0 Å². The van der Waals surface area contributed by atoms with Crippen molar-refractivity contribution in [1.29, 1.82) is 0 Å². The van der Waals surface area contributed by atoms with Crippen LogP contribution in [0.2, 0.25) is 10.0 Å². The van der Waals surface area contributed by atoms with E-state index in [0.717, 1.165) is 18.7 Å². The molecule has 0 bridgehead atoms. The lowest BCUT2D eigenvalue weighted by atomic mass is 9.92. The predicted octanol–water partition coefficient (Wildman–Crippen LogP) is 4.98. The molecule has 0 unspecified atom stereocenters. The molecule has 0 aliphatic heterocycles. The summed E-state index contributed by atoms with van der Waals surface area (Å²) < 4.78 is 13.1. The number of anilines is 1. The molecule has 0 aliphatic rings. The minimum absolute atomic E-state index is 0.0470. The summed E-state index contributed by atoms with van der Waals surface area (Å²) in [6.07, 6.45) is 1.01. The van der Waals surface area contributed by atoms with Gasteiger partial charge in [0.15, 0.2) is 5.82 Å². The summed E-state index contributed by atoms with van der Waals surface area (Å²) in [5.74, 6) is -0.565. The summed E-state index contributed by atoms with van der Waals surface area (Å²) in [4.78, 5) is 0. The number of halogens is 3. The topological polar surface area (TPSA) is 12.0 Å². The van der Waals surface area contributed by atoms with Gasteiger partial charge in [0.2, 0.25) is 0 Å². The van der Waals surface area contributed by atoms with Gasteiger partial charge >= 0.3 is 0 Å². The summed E-state index contributed by atoms with van der Waals surface area (Å²) >= 11 is 11.4. The predicted molar refractivity (Wildman–Crippen MR) is 69.0 cm³/mol. The van der Waals surface area contributed by atoms with Crippen LogP contribution in [0.1, 0.15) is 27.2 Å². The fourth-order valence-corrected chi connectivity index (χ4v) is 1.73. The highest BCUT2D eigenvalue weighted by Crippen LogP contribution is 2.27. The lowest BCUT2D eigenvalue weighted by molar-refractivity contribution is 0.390. The molecule has 90 valence electrons. The van der Waals surface area contributed by atoms with Crippen molar-refractivity contribution in [1.82, 2.24) is 0 Å². The third kappa shape index (κ3) is 4.18. The van der Waals surface area contributed by atoms with E-state index >= 15 is 0 Å². The van der Waals surface area contributed by atoms with Gasteiger partial charge in [-0.05, 0) is 24.0 Å². The van der Waals surface area contributed by atoms with Crippen molar-refractivity contribution in [3.05, 3.63) is 28.0 Å². The first-order valence-corrected chi connectivity index (χ1v) is 5.93. The molecule has 1 aromatic carbocycles. The highest BCUT2D eigenvalue weighted by molar-refractivity contribution is 6.35. The van der Waals surface area contributed by atoms with Crippen LogP contribution in [0, 0.1) is 11.2 Å². The van der Waals surface area contributed by atoms with Crippen LogP contribution in [0.3, 0.4) is 0 Å². The summed E-state index contributed by atoms with van der Waals surface area (Å²) in [7, 11) is 0. The molecule has 0 spiro atoms. The molecule has 1 N–H and O–H groups in total. The largest absolute Gasteiger partial charge is 0.385 e. The molecule has 1 rings (SSSR count). The molecule has 0 atom stereocenters. The van der Waals surface area contributed by atoms with Crippen molar-refractivity contribution in [2.24, 2.45) is 5.41 Å². The van der Waals surface area contributed by atoms with Crippen molar-refractivity contribution < 1.29 is 4.39 Å². The van der Waals surface area contributed by atoms with Gasteiger partial charge in [-0.1, -0.05) is 44.0 Å². The Kier molecular flexibility index (Phi) is 4.45. The van der Waals surface area contributed by atoms with Gasteiger partial charge < -0.3 is 5.32 Å². The number of hydrogen-bond acceptors (Lipinski definition) is 1. The number of nitrogens with one attached hydrogen (secondary N) is 1. The molecule has 0 saturated heterocycles. The average Bonchev–Trinajstić information content (AvgIpc) is 2.12. The Morgan fingerprint density at radius 1 is 1.19 bits per heavy atom. The van der Waals surface area contributed by atoms with Crippen LogP contribution in [-0.2, 0) is 0 Å². The SMILES string of the molecule is CC(C)(C)CCNc1cc(Cl)c(F)c(Cl)c1. The summed E-state index contributed by atoms with van der Waals surface area (Å²) in [5.41, 5.74) is 1.02. The van der Waals surface area contributed by atoms with Crippen LogP contribution >= 0.6 is 23.2 Å². The highest BCUT2D eigenvalue weighted by Gasteiger charge is 2.10. The number of rotatable bonds is 3. The second-order valence-corrected chi connectivity index (χ2v) is 5.81. The summed E-state index contributed by atoms with van der Waals surface area (Å²) in [6, 6.07) is 3.09. The number of benzene rings is 1. The van der Waals surface area contributed by atoms with Crippen LogP contribution < -0.4 is 5.32 Å². The van der Waals surface area contributed by atoms with E-state index < -0.39 is 5.82 Å². The van der Waals surface area contributed by atoms with Crippen molar-refractivity contribution in [3.8, 4) is 0 Å². The molecule has 0 aromatic heterocycles. The van der Waals surface area contributed by atoms with Gasteiger partial charge in [-0.2, -0.15) is 0 Å². The third-order valence-electron chi connectivity index (χ3n) is 2.19. The van der Waals surface area contributed by atoms with Crippen LogP contribution in [0.15, 0.2) is 12.1 Å². The molecule has 0 amide bonds. The molecular weight excluding hydrogens is 248 g/mol. The molecule has 0 fully saturated rings. The lowest BCUT2D eigenvalue weighted by Gasteiger charge is -2.18. The molecule has 0 aliphatic carbocycles. The van der Waals surface area contributed by atoms with Gasteiger partial charge in [-0.25, -0.2) is 4.39 Å². The Balaban J connectivity index is 2.62. The molecule has 16 heavy (non-hydrogen) atoms. The fraction of sp³-hybridized carbons (Fsp3) is 0.500. The molecule has 1 nitrogen and oxygen atoms in total. The van der Waals surface area contributed by atoms with Crippen LogP contribution in [0.4, 0.5) is 10.1 Å². The van der Waals surface area contributed by atoms with Gasteiger partial charge in [-0.15, -0.1) is 0 Å². The maximum Gasteiger partial charge on any atom is 0.160 e. The Morgan fingerprint density at radius 3 is 2.12 bits per heavy atom. The number of hydrogen-bond donors (Lipinski definition) is 1. The Morgan fingerprint density at radius 2 is 1.69 bits per heavy atom. The minimum Gasteiger partial charge on any atom is -0.385 e. The van der Waals surface area contributed by atoms with Crippen molar-refractivity contribution in [2.45, 2.75) is 27.2 Å². The van der Waals surface area contributed by atoms with Crippen molar-refractivity contribution in [2.75, 3.05) is 11.9 Å². The molecule has 0 saturated carbocycles. The third-order valence-corrected chi connectivity index (χ3v) is 2.74. The van der Waals surface area contributed by atoms with Crippen LogP contribution in [-0.4, -0.2) is 6.54 Å². The molecular formula is C12H16Cl2FN. The standard InChI is InChI=1S/C12H16Cl2FN/c1-12(2,3)4-5-16-8-6-9(13)11(15)10(14)7-8/h6-7,16H,4-5H2,1-3H3. The Labute approximate surface area is 106 Å². The smallest absolute Gasteiger partial charge is 0.160 e. The minimum atomic E-state index is -0.565. The Bertz CT molecular complexity index is 349. The molecule has 0 heterocycles. The van der Waals surface area contributed by atoms with E-state index in [1.807, 2.05) is 0 Å². The van der Waals surface area contributed by atoms with E-state index in [1.54, 1.807) is 12.1 Å². The first kappa shape index (κ1) is 13.6. The monoisotopic (exact) mass is 263 g/mol.